The van der Waals surface area contributed by atoms with Crippen molar-refractivity contribution >= 4 is 5.65 Å². The zero-order valence-electron chi connectivity index (χ0n) is 9.86. The fourth-order valence-corrected chi connectivity index (χ4v) is 2.46. The van der Waals surface area contributed by atoms with Gasteiger partial charge in [0.25, 0.3) is 5.56 Å². The van der Waals surface area contributed by atoms with E-state index in [0.717, 1.165) is 43.0 Å². The van der Waals surface area contributed by atoms with E-state index in [0.29, 0.717) is 5.92 Å². The molecule has 17 heavy (non-hydrogen) atoms. The van der Waals surface area contributed by atoms with Gasteiger partial charge < -0.3 is 5.32 Å². The van der Waals surface area contributed by atoms with Crippen molar-refractivity contribution in [2.75, 3.05) is 13.1 Å². The highest BCUT2D eigenvalue weighted by molar-refractivity contribution is 5.39. The summed E-state index contributed by atoms with van der Waals surface area (Å²) < 4.78 is 1.50. The average molecular weight is 232 g/mol. The van der Waals surface area contributed by atoms with Crippen molar-refractivity contribution in [2.24, 2.45) is 0 Å². The second-order valence-electron chi connectivity index (χ2n) is 4.68. The molecule has 0 radical (unpaired) electrons. The van der Waals surface area contributed by atoms with Gasteiger partial charge in [-0.15, -0.1) is 0 Å². The first-order valence-electron chi connectivity index (χ1n) is 6.04. The van der Waals surface area contributed by atoms with E-state index in [1.54, 1.807) is 6.07 Å². The Morgan fingerprint density at radius 1 is 1.35 bits per heavy atom. The maximum absolute atomic E-state index is 11.9. The Kier molecular flexibility index (Phi) is 2.48. The molecule has 0 amide bonds. The minimum Gasteiger partial charge on any atom is -0.317 e. The van der Waals surface area contributed by atoms with Crippen LogP contribution in [0.5, 0.6) is 0 Å². The molecule has 1 aliphatic heterocycles. The molecule has 1 aliphatic rings. The van der Waals surface area contributed by atoms with Crippen LogP contribution in [-0.2, 0) is 0 Å². The van der Waals surface area contributed by atoms with Crippen molar-refractivity contribution < 1.29 is 0 Å². The number of piperidine rings is 1. The number of nitrogens with one attached hydrogen (secondary N) is 2. The highest BCUT2D eigenvalue weighted by Crippen LogP contribution is 2.22. The van der Waals surface area contributed by atoms with Gasteiger partial charge in [-0.3, -0.25) is 9.89 Å². The van der Waals surface area contributed by atoms with Crippen LogP contribution in [0.2, 0.25) is 0 Å². The van der Waals surface area contributed by atoms with Crippen molar-refractivity contribution in [1.29, 1.82) is 0 Å². The van der Waals surface area contributed by atoms with Gasteiger partial charge in [-0.05, 0) is 32.9 Å². The maximum Gasteiger partial charge on any atom is 0.272 e. The van der Waals surface area contributed by atoms with Crippen molar-refractivity contribution in [2.45, 2.75) is 25.7 Å². The Bertz CT molecular complexity index is 592. The first-order valence-corrected chi connectivity index (χ1v) is 6.04. The molecule has 0 unspecified atom stereocenters. The molecule has 0 aromatic carbocycles. The first kappa shape index (κ1) is 10.5. The molecular formula is C12H16N4O. The Labute approximate surface area is 98.9 Å². The van der Waals surface area contributed by atoms with Gasteiger partial charge >= 0.3 is 0 Å². The number of fused-ring (bicyclic) bond motifs is 1. The maximum atomic E-state index is 11.9. The largest absolute Gasteiger partial charge is 0.317 e. The van der Waals surface area contributed by atoms with E-state index in [2.05, 4.69) is 15.4 Å². The van der Waals surface area contributed by atoms with Crippen LogP contribution in [0.4, 0.5) is 0 Å². The summed E-state index contributed by atoms with van der Waals surface area (Å²) in [5.41, 5.74) is 2.60. The number of hydrogen-bond acceptors (Lipinski definition) is 3. The lowest BCUT2D eigenvalue weighted by atomic mass is 9.94. The van der Waals surface area contributed by atoms with E-state index in [1.807, 2.05) is 13.0 Å². The number of nitrogens with zero attached hydrogens (tertiary/aromatic N) is 2. The summed E-state index contributed by atoms with van der Waals surface area (Å²) in [5.74, 6) is 0.421. The fraction of sp³-hybridized carbons (Fsp3) is 0.500. The molecule has 0 aliphatic carbocycles. The van der Waals surface area contributed by atoms with E-state index in [-0.39, 0.29) is 5.56 Å². The third-order valence-electron chi connectivity index (χ3n) is 3.36. The molecule has 0 saturated carbocycles. The predicted molar refractivity (Wildman–Crippen MR) is 65.4 cm³/mol. The van der Waals surface area contributed by atoms with Crippen molar-refractivity contribution in [3.63, 3.8) is 0 Å². The van der Waals surface area contributed by atoms with Crippen molar-refractivity contribution in [3.8, 4) is 0 Å². The summed E-state index contributed by atoms with van der Waals surface area (Å²) in [4.78, 5) is 16.5. The molecule has 1 saturated heterocycles. The summed E-state index contributed by atoms with van der Waals surface area (Å²) in [6.07, 6.45) is 2.12. The molecule has 0 bridgehead atoms. The Morgan fingerprint density at radius 2 is 2.12 bits per heavy atom. The second kappa shape index (κ2) is 4.00. The Hall–Kier alpha value is -1.62. The molecule has 5 heteroatoms. The molecule has 3 rings (SSSR count). The van der Waals surface area contributed by atoms with Gasteiger partial charge in [0.2, 0.25) is 0 Å². The molecule has 2 N–H and O–H groups in total. The third kappa shape index (κ3) is 1.86. The van der Waals surface area contributed by atoms with Crippen LogP contribution in [0.1, 0.15) is 30.1 Å². The normalized spacial score (nSPS) is 17.7. The Balaban J connectivity index is 2.08. The monoisotopic (exact) mass is 232 g/mol. The van der Waals surface area contributed by atoms with Gasteiger partial charge in [0.15, 0.2) is 5.65 Å². The summed E-state index contributed by atoms with van der Waals surface area (Å²) in [5, 5.41) is 6.31. The number of H-pyrrole nitrogens is 1. The van der Waals surface area contributed by atoms with Gasteiger partial charge in [-0.1, -0.05) is 0 Å². The van der Waals surface area contributed by atoms with Gasteiger partial charge in [0, 0.05) is 23.7 Å². The molecule has 2 aromatic heterocycles. The summed E-state index contributed by atoms with van der Waals surface area (Å²) in [7, 11) is 0. The molecule has 1 fully saturated rings. The summed E-state index contributed by atoms with van der Waals surface area (Å²) in [6.45, 7) is 3.95. The van der Waals surface area contributed by atoms with Crippen LogP contribution in [0.3, 0.4) is 0 Å². The third-order valence-corrected chi connectivity index (χ3v) is 3.36. The number of aromatic nitrogens is 3. The molecule has 3 heterocycles. The van der Waals surface area contributed by atoms with Crippen molar-refractivity contribution in [3.05, 3.63) is 33.9 Å². The smallest absolute Gasteiger partial charge is 0.272 e. The molecule has 5 nitrogen and oxygen atoms in total. The van der Waals surface area contributed by atoms with Crippen LogP contribution in [0, 0.1) is 6.92 Å². The van der Waals surface area contributed by atoms with E-state index in [1.165, 1.54) is 4.52 Å². The number of hydrogen-bond donors (Lipinski definition) is 2. The molecule has 0 spiro atoms. The highest BCUT2D eigenvalue weighted by atomic mass is 16.1. The van der Waals surface area contributed by atoms with E-state index in [4.69, 9.17) is 0 Å². The average Bonchev–Trinajstić information content (AvgIpc) is 2.71. The van der Waals surface area contributed by atoms with Crippen LogP contribution in [-0.4, -0.2) is 27.7 Å². The van der Waals surface area contributed by atoms with E-state index in [9.17, 15) is 4.79 Å². The number of rotatable bonds is 1. The Morgan fingerprint density at radius 3 is 2.88 bits per heavy atom. The van der Waals surface area contributed by atoms with E-state index < -0.39 is 0 Å². The number of aryl methyl sites for hydroxylation is 1. The molecule has 2 aromatic rings. The minimum atomic E-state index is -0.0170. The molecule has 0 atom stereocenters. The lowest BCUT2D eigenvalue weighted by Crippen LogP contribution is -2.28. The van der Waals surface area contributed by atoms with Crippen LogP contribution >= 0.6 is 0 Å². The second-order valence-corrected chi connectivity index (χ2v) is 4.68. The zero-order valence-corrected chi connectivity index (χ0v) is 9.86. The number of aromatic amines is 1. The SMILES string of the molecule is Cc1cc2nc(C3CCNCC3)cc(=O)n2[nH]1. The highest BCUT2D eigenvalue weighted by Gasteiger charge is 2.18. The van der Waals surface area contributed by atoms with Crippen LogP contribution in [0.15, 0.2) is 16.9 Å². The standard InChI is InChI=1S/C12H16N4O/c1-8-6-11-14-10(7-12(17)16(11)15-8)9-2-4-13-5-3-9/h6-7,9,13,15H,2-5H2,1H3. The minimum absolute atomic E-state index is 0.0170. The zero-order chi connectivity index (χ0) is 11.8. The summed E-state index contributed by atoms with van der Waals surface area (Å²) >= 11 is 0. The van der Waals surface area contributed by atoms with Gasteiger partial charge in [0.05, 0.1) is 5.69 Å². The van der Waals surface area contributed by atoms with Crippen LogP contribution in [0.25, 0.3) is 5.65 Å². The topological polar surface area (TPSA) is 62.2 Å². The van der Waals surface area contributed by atoms with Crippen LogP contribution < -0.4 is 10.9 Å². The van der Waals surface area contributed by atoms with Gasteiger partial charge in [-0.25, -0.2) is 9.50 Å². The van der Waals surface area contributed by atoms with Gasteiger partial charge in [0.1, 0.15) is 0 Å². The first-order chi connectivity index (χ1) is 8.24. The molecular weight excluding hydrogens is 216 g/mol. The molecule has 90 valence electrons. The van der Waals surface area contributed by atoms with Crippen molar-refractivity contribution in [1.82, 2.24) is 19.9 Å². The summed E-state index contributed by atoms with van der Waals surface area (Å²) in [6, 6.07) is 3.57. The lowest BCUT2D eigenvalue weighted by molar-refractivity contribution is 0.453. The quantitative estimate of drug-likeness (QED) is 0.764. The van der Waals surface area contributed by atoms with E-state index >= 15 is 0 Å². The lowest BCUT2D eigenvalue weighted by Gasteiger charge is -2.21. The fourth-order valence-electron chi connectivity index (χ4n) is 2.46. The van der Waals surface area contributed by atoms with Gasteiger partial charge in [-0.2, -0.15) is 0 Å². The predicted octanol–water partition coefficient (Wildman–Crippen LogP) is 0.798.